The van der Waals surface area contributed by atoms with E-state index < -0.39 is 0 Å². The van der Waals surface area contributed by atoms with Crippen molar-refractivity contribution in [2.45, 2.75) is 6.92 Å². The fourth-order valence-electron chi connectivity index (χ4n) is 2.43. The maximum Gasteiger partial charge on any atom is 0.231 e. The first-order chi connectivity index (χ1) is 9.72. The second kappa shape index (κ2) is 3.90. The third-order valence-electron chi connectivity index (χ3n) is 3.45. The smallest absolute Gasteiger partial charge is 0.231 e. The molecule has 1 aliphatic heterocycles. The number of fused-ring (bicyclic) bond motifs is 2. The molecule has 0 saturated heterocycles. The van der Waals surface area contributed by atoms with Gasteiger partial charge in [0.1, 0.15) is 17.2 Å². The van der Waals surface area contributed by atoms with Crippen LogP contribution in [0.2, 0.25) is 0 Å². The second-order valence-corrected chi connectivity index (χ2v) is 4.85. The molecule has 0 radical (unpaired) electrons. The van der Waals surface area contributed by atoms with Gasteiger partial charge in [-0.15, -0.1) is 0 Å². The van der Waals surface area contributed by atoms with Gasteiger partial charge in [-0.05, 0) is 36.8 Å². The maximum atomic E-state index is 6.21. The Kier molecular flexibility index (Phi) is 2.18. The number of nitrogens with zero attached hydrogens (tertiary/aromatic N) is 2. The number of nitrogens with two attached hydrogens (primary N) is 1. The molecule has 2 N–H and O–H groups in total. The average Bonchev–Trinajstić information content (AvgIpc) is 3.03. The number of ether oxygens (including phenoxy) is 2. The van der Waals surface area contributed by atoms with Crippen molar-refractivity contribution >= 4 is 11.5 Å². The zero-order valence-corrected chi connectivity index (χ0v) is 11.0. The summed E-state index contributed by atoms with van der Waals surface area (Å²) in [5.74, 6) is 2.12. The number of anilines is 1. The highest BCUT2D eigenvalue weighted by atomic mass is 16.7. The number of aromatic nitrogens is 2. The minimum atomic E-state index is 0.263. The largest absolute Gasteiger partial charge is 0.454 e. The summed E-state index contributed by atoms with van der Waals surface area (Å²) in [6.45, 7) is 2.29. The summed E-state index contributed by atoms with van der Waals surface area (Å²) in [6.07, 6.45) is 1.98. The van der Waals surface area contributed by atoms with E-state index >= 15 is 0 Å². The summed E-state index contributed by atoms with van der Waals surface area (Å²) >= 11 is 0. The van der Waals surface area contributed by atoms with Gasteiger partial charge in [-0.2, -0.15) is 0 Å². The van der Waals surface area contributed by atoms with Crippen molar-refractivity contribution in [2.75, 3.05) is 12.5 Å². The van der Waals surface area contributed by atoms with Gasteiger partial charge in [-0.3, -0.25) is 4.40 Å². The van der Waals surface area contributed by atoms with Crippen molar-refractivity contribution in [3.8, 4) is 22.8 Å². The van der Waals surface area contributed by atoms with Crippen molar-refractivity contribution in [3.05, 3.63) is 42.1 Å². The van der Waals surface area contributed by atoms with Gasteiger partial charge in [0.2, 0.25) is 6.79 Å². The molecule has 0 atom stereocenters. The van der Waals surface area contributed by atoms with Gasteiger partial charge < -0.3 is 15.2 Å². The van der Waals surface area contributed by atoms with Crippen molar-refractivity contribution in [1.29, 1.82) is 0 Å². The fraction of sp³-hybridized carbons (Fsp3) is 0.133. The number of benzene rings is 1. The van der Waals surface area contributed by atoms with Gasteiger partial charge in [0.15, 0.2) is 11.5 Å². The number of hydrogen-bond acceptors (Lipinski definition) is 4. The summed E-state index contributed by atoms with van der Waals surface area (Å²) in [5, 5.41) is 0. The molecule has 0 fully saturated rings. The molecule has 0 saturated carbocycles. The number of rotatable bonds is 1. The summed E-state index contributed by atoms with van der Waals surface area (Å²) in [6, 6.07) is 9.71. The van der Waals surface area contributed by atoms with Crippen molar-refractivity contribution in [1.82, 2.24) is 9.38 Å². The molecule has 5 nitrogen and oxygen atoms in total. The third-order valence-corrected chi connectivity index (χ3v) is 3.45. The van der Waals surface area contributed by atoms with Crippen LogP contribution in [0.15, 0.2) is 36.5 Å². The first-order valence-electron chi connectivity index (χ1n) is 6.36. The first kappa shape index (κ1) is 11.2. The lowest BCUT2D eigenvalue weighted by Crippen LogP contribution is -1.94. The number of nitrogen functional groups attached to an aromatic ring is 1. The van der Waals surface area contributed by atoms with Crippen molar-refractivity contribution < 1.29 is 9.47 Å². The molecule has 0 amide bonds. The highest BCUT2D eigenvalue weighted by Gasteiger charge is 2.17. The monoisotopic (exact) mass is 267 g/mol. The molecule has 1 aromatic carbocycles. The predicted octanol–water partition coefficient (Wildman–Crippen LogP) is 2.62. The van der Waals surface area contributed by atoms with Crippen LogP contribution >= 0.6 is 0 Å². The van der Waals surface area contributed by atoms with Crippen molar-refractivity contribution in [2.24, 2.45) is 0 Å². The highest BCUT2D eigenvalue weighted by Crippen LogP contribution is 2.37. The van der Waals surface area contributed by atoms with Crippen LogP contribution in [0.4, 0.5) is 5.82 Å². The van der Waals surface area contributed by atoms with Crippen LogP contribution in [0.5, 0.6) is 11.5 Å². The third kappa shape index (κ3) is 1.53. The van der Waals surface area contributed by atoms with Crippen LogP contribution in [0.3, 0.4) is 0 Å². The molecule has 3 heterocycles. The minimum absolute atomic E-state index is 0.263. The Morgan fingerprint density at radius 3 is 2.90 bits per heavy atom. The molecule has 5 heteroatoms. The van der Waals surface area contributed by atoms with Gasteiger partial charge in [0.25, 0.3) is 0 Å². The van der Waals surface area contributed by atoms with E-state index in [0.29, 0.717) is 5.82 Å². The zero-order valence-electron chi connectivity index (χ0n) is 11.0. The Morgan fingerprint density at radius 1 is 1.15 bits per heavy atom. The van der Waals surface area contributed by atoms with Gasteiger partial charge in [-0.25, -0.2) is 4.98 Å². The van der Waals surface area contributed by atoms with E-state index in [2.05, 4.69) is 4.98 Å². The van der Waals surface area contributed by atoms with E-state index in [0.717, 1.165) is 34.0 Å². The van der Waals surface area contributed by atoms with Crippen LogP contribution in [-0.4, -0.2) is 16.2 Å². The molecule has 0 aliphatic carbocycles. The normalized spacial score (nSPS) is 13.1. The topological polar surface area (TPSA) is 61.8 Å². The van der Waals surface area contributed by atoms with Crippen LogP contribution < -0.4 is 15.2 Å². The Morgan fingerprint density at radius 2 is 2.00 bits per heavy atom. The molecule has 1 aliphatic rings. The molecule has 20 heavy (non-hydrogen) atoms. The van der Waals surface area contributed by atoms with Crippen LogP contribution in [-0.2, 0) is 0 Å². The molecule has 4 rings (SSSR count). The molecule has 3 aromatic rings. The Balaban J connectivity index is 1.92. The van der Waals surface area contributed by atoms with E-state index in [-0.39, 0.29) is 6.79 Å². The molecule has 0 spiro atoms. The molecule has 2 aromatic heterocycles. The highest BCUT2D eigenvalue weighted by molar-refractivity contribution is 5.76. The SMILES string of the molecule is Cc1ccc2nc(-c3ccc4c(c3)OCO4)c(N)n2c1. The van der Waals surface area contributed by atoms with Gasteiger partial charge in [-0.1, -0.05) is 6.07 Å². The number of imidazole rings is 1. The molecular formula is C15H13N3O2. The average molecular weight is 267 g/mol. The van der Waals surface area contributed by atoms with E-state index in [1.165, 1.54) is 0 Å². The second-order valence-electron chi connectivity index (χ2n) is 4.85. The van der Waals surface area contributed by atoms with E-state index in [1.807, 2.05) is 47.9 Å². The van der Waals surface area contributed by atoms with Gasteiger partial charge >= 0.3 is 0 Å². The fourth-order valence-corrected chi connectivity index (χ4v) is 2.43. The van der Waals surface area contributed by atoms with E-state index in [9.17, 15) is 0 Å². The predicted molar refractivity (Wildman–Crippen MR) is 75.9 cm³/mol. The summed E-state index contributed by atoms with van der Waals surface area (Å²) in [5.41, 5.74) is 9.87. The first-order valence-corrected chi connectivity index (χ1v) is 6.36. The van der Waals surface area contributed by atoms with E-state index in [4.69, 9.17) is 15.2 Å². The van der Waals surface area contributed by atoms with Gasteiger partial charge in [0.05, 0.1) is 0 Å². The summed E-state index contributed by atoms with van der Waals surface area (Å²) in [7, 11) is 0. The van der Waals surface area contributed by atoms with Crippen LogP contribution in [0.25, 0.3) is 16.9 Å². The lowest BCUT2D eigenvalue weighted by atomic mass is 10.1. The molecule has 100 valence electrons. The van der Waals surface area contributed by atoms with Crippen LogP contribution in [0.1, 0.15) is 5.56 Å². The number of hydrogen-bond donors (Lipinski definition) is 1. The number of pyridine rings is 1. The quantitative estimate of drug-likeness (QED) is 0.736. The Labute approximate surface area is 115 Å². The molecule has 0 bridgehead atoms. The molecular weight excluding hydrogens is 254 g/mol. The Bertz CT molecular complexity index is 823. The summed E-state index contributed by atoms with van der Waals surface area (Å²) < 4.78 is 12.6. The van der Waals surface area contributed by atoms with E-state index in [1.54, 1.807) is 0 Å². The van der Waals surface area contributed by atoms with Crippen molar-refractivity contribution in [3.63, 3.8) is 0 Å². The summed E-state index contributed by atoms with van der Waals surface area (Å²) in [4.78, 5) is 4.59. The standard InChI is InChI=1S/C15H13N3O2/c1-9-2-5-13-17-14(15(16)18(13)7-9)10-3-4-11-12(6-10)20-8-19-11/h2-7H,8,16H2,1H3. The minimum Gasteiger partial charge on any atom is -0.454 e. The maximum absolute atomic E-state index is 6.21. The van der Waals surface area contributed by atoms with Gasteiger partial charge in [0, 0.05) is 11.8 Å². The van der Waals surface area contributed by atoms with Crippen LogP contribution in [0, 0.1) is 6.92 Å². The number of aryl methyl sites for hydroxylation is 1. The Hall–Kier alpha value is -2.69. The zero-order chi connectivity index (χ0) is 13.7. The lowest BCUT2D eigenvalue weighted by molar-refractivity contribution is 0.174. The molecule has 0 unspecified atom stereocenters. The lowest BCUT2D eigenvalue weighted by Gasteiger charge is -2.01.